The SMILES string of the molecule is Cn1nc2ccccc2c1S(=O)(=O)Nc1ccc(N2CCNCC2)cn1. The van der Waals surface area contributed by atoms with Gasteiger partial charge in [-0.3, -0.25) is 9.40 Å². The number of sulfonamides is 1. The molecule has 0 bridgehead atoms. The molecule has 0 radical (unpaired) electrons. The lowest BCUT2D eigenvalue weighted by atomic mass is 10.3. The van der Waals surface area contributed by atoms with Crippen molar-refractivity contribution in [2.45, 2.75) is 5.03 Å². The standard InChI is InChI=1S/C17H20N6O2S/c1-22-17(14-4-2-3-5-15(14)20-22)26(24,25)21-16-7-6-13(12-19-16)23-10-8-18-9-11-23/h2-7,12,18H,8-11H2,1H3,(H,19,21). The molecule has 0 amide bonds. The first-order valence-corrected chi connectivity index (χ1v) is 9.89. The van der Waals surface area contributed by atoms with Gasteiger partial charge >= 0.3 is 0 Å². The van der Waals surface area contributed by atoms with E-state index in [1.165, 1.54) is 4.68 Å². The first kappa shape index (κ1) is 16.8. The molecule has 2 N–H and O–H groups in total. The van der Waals surface area contributed by atoms with Crippen molar-refractivity contribution in [2.75, 3.05) is 35.8 Å². The molecule has 0 unspecified atom stereocenters. The van der Waals surface area contributed by atoms with Gasteiger partial charge in [-0.1, -0.05) is 12.1 Å². The van der Waals surface area contributed by atoms with Gasteiger partial charge in [0.1, 0.15) is 5.82 Å². The molecule has 8 nitrogen and oxygen atoms in total. The Balaban J connectivity index is 1.60. The van der Waals surface area contributed by atoms with Gasteiger partial charge in [-0.2, -0.15) is 13.5 Å². The van der Waals surface area contributed by atoms with Crippen LogP contribution in [0.5, 0.6) is 0 Å². The number of hydrogen-bond acceptors (Lipinski definition) is 6. The van der Waals surface area contributed by atoms with Gasteiger partial charge in [-0.25, -0.2) is 4.98 Å². The zero-order valence-corrected chi connectivity index (χ0v) is 15.2. The topological polar surface area (TPSA) is 92.2 Å². The summed E-state index contributed by atoms with van der Waals surface area (Å²) in [7, 11) is -2.18. The Morgan fingerprint density at radius 3 is 2.62 bits per heavy atom. The minimum absolute atomic E-state index is 0.126. The van der Waals surface area contributed by atoms with E-state index in [9.17, 15) is 8.42 Å². The zero-order chi connectivity index (χ0) is 18.1. The van der Waals surface area contributed by atoms with E-state index in [1.54, 1.807) is 37.5 Å². The number of rotatable bonds is 4. The van der Waals surface area contributed by atoms with Gasteiger partial charge in [-0.15, -0.1) is 0 Å². The summed E-state index contributed by atoms with van der Waals surface area (Å²) in [5.74, 6) is 0.286. The summed E-state index contributed by atoms with van der Waals surface area (Å²) in [5, 5.41) is 8.27. The van der Waals surface area contributed by atoms with Gasteiger partial charge < -0.3 is 10.2 Å². The molecule has 1 fully saturated rings. The number of aryl methyl sites for hydroxylation is 1. The molecule has 1 aliphatic rings. The van der Waals surface area contributed by atoms with E-state index in [0.717, 1.165) is 31.9 Å². The largest absolute Gasteiger partial charge is 0.368 e. The highest BCUT2D eigenvalue weighted by molar-refractivity contribution is 7.92. The molecule has 26 heavy (non-hydrogen) atoms. The Labute approximate surface area is 151 Å². The summed E-state index contributed by atoms with van der Waals surface area (Å²) in [6.45, 7) is 3.69. The summed E-state index contributed by atoms with van der Waals surface area (Å²) < 4.78 is 29.6. The summed E-state index contributed by atoms with van der Waals surface area (Å²) in [6.07, 6.45) is 1.70. The number of hydrogen-bond donors (Lipinski definition) is 2. The third-order valence-electron chi connectivity index (χ3n) is 4.41. The van der Waals surface area contributed by atoms with Gasteiger partial charge in [0, 0.05) is 38.6 Å². The van der Waals surface area contributed by atoms with E-state index in [2.05, 4.69) is 25.0 Å². The Morgan fingerprint density at radius 2 is 1.88 bits per heavy atom. The Hall–Kier alpha value is -2.65. The molecule has 1 aliphatic heterocycles. The van der Waals surface area contributed by atoms with Crippen molar-refractivity contribution in [3.05, 3.63) is 42.6 Å². The molecule has 0 atom stereocenters. The Kier molecular flexibility index (Phi) is 4.25. The number of nitrogens with one attached hydrogen (secondary N) is 2. The van der Waals surface area contributed by atoms with Crippen LogP contribution in [0.2, 0.25) is 0 Å². The van der Waals surface area contributed by atoms with Crippen molar-refractivity contribution in [3.8, 4) is 0 Å². The zero-order valence-electron chi connectivity index (χ0n) is 14.4. The number of benzene rings is 1. The van der Waals surface area contributed by atoms with Gasteiger partial charge in [0.2, 0.25) is 0 Å². The average Bonchev–Trinajstić information content (AvgIpc) is 2.99. The minimum atomic E-state index is -3.80. The maximum atomic E-state index is 12.9. The fraction of sp³-hybridized carbons (Fsp3) is 0.294. The quantitative estimate of drug-likeness (QED) is 0.714. The fourth-order valence-electron chi connectivity index (χ4n) is 3.18. The maximum Gasteiger partial charge on any atom is 0.280 e. The highest BCUT2D eigenvalue weighted by Gasteiger charge is 2.23. The van der Waals surface area contributed by atoms with E-state index in [-0.39, 0.29) is 10.8 Å². The van der Waals surface area contributed by atoms with Crippen LogP contribution in [0.4, 0.5) is 11.5 Å². The van der Waals surface area contributed by atoms with E-state index < -0.39 is 10.0 Å². The van der Waals surface area contributed by atoms with E-state index >= 15 is 0 Å². The molecule has 4 rings (SSSR count). The molecule has 1 aromatic carbocycles. The van der Waals surface area contributed by atoms with Crippen molar-refractivity contribution >= 4 is 32.4 Å². The molecular formula is C17H20N6O2S. The van der Waals surface area contributed by atoms with Crippen LogP contribution in [0.1, 0.15) is 0 Å². The summed E-state index contributed by atoms with van der Waals surface area (Å²) >= 11 is 0. The molecule has 0 saturated carbocycles. The second-order valence-electron chi connectivity index (χ2n) is 6.19. The van der Waals surface area contributed by atoms with Crippen LogP contribution in [0.25, 0.3) is 10.9 Å². The average molecular weight is 372 g/mol. The molecular weight excluding hydrogens is 352 g/mol. The van der Waals surface area contributed by atoms with Crippen LogP contribution in [-0.4, -0.2) is 49.4 Å². The lowest BCUT2D eigenvalue weighted by Gasteiger charge is -2.29. The first-order chi connectivity index (χ1) is 12.5. The molecule has 136 valence electrons. The van der Waals surface area contributed by atoms with Crippen LogP contribution in [0.3, 0.4) is 0 Å². The van der Waals surface area contributed by atoms with Crippen molar-refractivity contribution in [2.24, 2.45) is 7.05 Å². The molecule has 2 aromatic heterocycles. The van der Waals surface area contributed by atoms with Crippen LogP contribution in [0.15, 0.2) is 47.6 Å². The molecule has 9 heteroatoms. The first-order valence-electron chi connectivity index (χ1n) is 8.41. The van der Waals surface area contributed by atoms with Gasteiger partial charge in [0.05, 0.1) is 17.4 Å². The lowest BCUT2D eigenvalue weighted by molar-refractivity contribution is 0.584. The van der Waals surface area contributed by atoms with E-state index in [0.29, 0.717) is 10.9 Å². The predicted octanol–water partition coefficient (Wildman–Crippen LogP) is 1.18. The highest BCUT2D eigenvalue weighted by Crippen LogP contribution is 2.24. The monoisotopic (exact) mass is 372 g/mol. The van der Waals surface area contributed by atoms with Crippen LogP contribution >= 0.6 is 0 Å². The van der Waals surface area contributed by atoms with Crippen molar-refractivity contribution < 1.29 is 8.42 Å². The number of pyridine rings is 1. The van der Waals surface area contributed by atoms with E-state index in [4.69, 9.17) is 0 Å². The van der Waals surface area contributed by atoms with Crippen LogP contribution in [-0.2, 0) is 17.1 Å². The summed E-state index contributed by atoms with van der Waals surface area (Å²) in [6, 6.07) is 10.7. The van der Waals surface area contributed by atoms with Gasteiger partial charge in [0.15, 0.2) is 5.03 Å². The second-order valence-corrected chi connectivity index (χ2v) is 7.79. The minimum Gasteiger partial charge on any atom is -0.368 e. The van der Waals surface area contributed by atoms with Crippen molar-refractivity contribution in [1.82, 2.24) is 20.1 Å². The predicted molar refractivity (Wildman–Crippen MR) is 101 cm³/mol. The molecule has 0 aliphatic carbocycles. The number of fused-ring (bicyclic) bond motifs is 1. The van der Waals surface area contributed by atoms with Crippen molar-refractivity contribution in [3.63, 3.8) is 0 Å². The van der Waals surface area contributed by atoms with Crippen molar-refractivity contribution in [1.29, 1.82) is 0 Å². The highest BCUT2D eigenvalue weighted by atomic mass is 32.2. The number of aromatic nitrogens is 3. The maximum absolute atomic E-state index is 12.9. The van der Waals surface area contributed by atoms with Crippen LogP contribution < -0.4 is 14.9 Å². The smallest absolute Gasteiger partial charge is 0.280 e. The van der Waals surface area contributed by atoms with Gasteiger partial charge in [-0.05, 0) is 24.3 Å². The van der Waals surface area contributed by atoms with E-state index in [1.807, 2.05) is 12.1 Å². The molecule has 3 aromatic rings. The summed E-state index contributed by atoms with van der Waals surface area (Å²) in [5.41, 5.74) is 1.62. The third-order valence-corrected chi connectivity index (χ3v) is 5.88. The summed E-state index contributed by atoms with van der Waals surface area (Å²) in [4.78, 5) is 6.50. The third kappa shape index (κ3) is 3.11. The Bertz CT molecular complexity index is 1020. The number of nitrogens with zero attached hydrogens (tertiary/aromatic N) is 4. The second kappa shape index (κ2) is 6.58. The lowest BCUT2D eigenvalue weighted by Crippen LogP contribution is -2.43. The number of piperazine rings is 1. The van der Waals surface area contributed by atoms with Crippen LogP contribution in [0, 0.1) is 0 Å². The molecule has 0 spiro atoms. The van der Waals surface area contributed by atoms with Gasteiger partial charge in [0.25, 0.3) is 10.0 Å². The normalized spacial score (nSPS) is 15.3. The fourth-order valence-corrected chi connectivity index (χ4v) is 4.53. The number of anilines is 2. The molecule has 1 saturated heterocycles. The molecule has 3 heterocycles. The Morgan fingerprint density at radius 1 is 1.12 bits per heavy atom.